The van der Waals surface area contributed by atoms with Crippen LogP contribution < -0.4 is 15.8 Å². The van der Waals surface area contributed by atoms with Gasteiger partial charge in [0.15, 0.2) is 0 Å². The predicted octanol–water partition coefficient (Wildman–Crippen LogP) is 1.65. The minimum Gasteiger partial charge on any atom is -0.494 e. The quantitative estimate of drug-likeness (QED) is 0.839. The van der Waals surface area contributed by atoms with Crippen molar-refractivity contribution in [2.24, 2.45) is 5.73 Å². The Morgan fingerprint density at radius 2 is 2.10 bits per heavy atom. The Labute approximate surface area is 123 Å². The molecule has 1 aromatic carbocycles. The van der Waals surface area contributed by atoms with Crippen LogP contribution in [-0.2, 0) is 0 Å². The highest BCUT2D eigenvalue weighted by Gasteiger charge is 2.11. The molecule has 106 valence electrons. The summed E-state index contributed by atoms with van der Waals surface area (Å²) in [7, 11) is 1.50. The molecule has 0 fully saturated rings. The van der Waals surface area contributed by atoms with Crippen LogP contribution in [0.1, 0.15) is 15.9 Å². The van der Waals surface area contributed by atoms with Gasteiger partial charge < -0.3 is 15.8 Å². The van der Waals surface area contributed by atoms with E-state index < -0.39 is 0 Å². The molecule has 0 aliphatic heterocycles. The number of nitrogens with two attached hydrogens (primary N) is 1. The zero-order chi connectivity index (χ0) is 15.1. The Balaban J connectivity index is 2.12. The fraction of sp³-hybridized carbons (Fsp3) is 0.125. The van der Waals surface area contributed by atoms with Crippen LogP contribution in [0.15, 0.2) is 42.7 Å². The minimum atomic E-state index is -0.255. The van der Waals surface area contributed by atoms with Crippen LogP contribution in [-0.4, -0.2) is 24.5 Å². The second kappa shape index (κ2) is 7.08. The molecule has 0 spiro atoms. The van der Waals surface area contributed by atoms with E-state index in [-0.39, 0.29) is 5.91 Å². The fourth-order valence-corrected chi connectivity index (χ4v) is 1.72. The van der Waals surface area contributed by atoms with Crippen LogP contribution >= 0.6 is 0 Å². The van der Waals surface area contributed by atoms with Gasteiger partial charge in [0.2, 0.25) is 0 Å². The molecule has 0 atom stereocenters. The maximum atomic E-state index is 12.2. The van der Waals surface area contributed by atoms with Gasteiger partial charge in [0.05, 0.1) is 25.4 Å². The molecule has 0 saturated heterocycles. The number of hydrogen-bond acceptors (Lipinski definition) is 4. The van der Waals surface area contributed by atoms with Crippen LogP contribution in [0.25, 0.3) is 0 Å². The van der Waals surface area contributed by atoms with Crippen molar-refractivity contribution in [1.29, 1.82) is 0 Å². The van der Waals surface area contributed by atoms with Gasteiger partial charge in [0.1, 0.15) is 5.75 Å². The lowest BCUT2D eigenvalue weighted by Gasteiger charge is -2.08. The summed E-state index contributed by atoms with van der Waals surface area (Å²) in [6.07, 6.45) is 3.05. The average Bonchev–Trinajstić information content (AvgIpc) is 2.54. The molecule has 1 aromatic heterocycles. The van der Waals surface area contributed by atoms with E-state index >= 15 is 0 Å². The maximum Gasteiger partial charge on any atom is 0.259 e. The van der Waals surface area contributed by atoms with E-state index in [0.29, 0.717) is 23.5 Å². The van der Waals surface area contributed by atoms with E-state index in [1.54, 1.807) is 24.4 Å². The van der Waals surface area contributed by atoms with Crippen LogP contribution in [0.5, 0.6) is 5.75 Å². The fourth-order valence-electron chi connectivity index (χ4n) is 1.72. The molecule has 2 rings (SSSR count). The van der Waals surface area contributed by atoms with Crippen molar-refractivity contribution in [1.82, 2.24) is 4.98 Å². The first kappa shape index (κ1) is 14.6. The number of pyridine rings is 1. The van der Waals surface area contributed by atoms with E-state index in [9.17, 15) is 4.79 Å². The van der Waals surface area contributed by atoms with E-state index in [2.05, 4.69) is 22.1 Å². The highest BCUT2D eigenvalue weighted by Crippen LogP contribution is 2.18. The third-order valence-corrected chi connectivity index (χ3v) is 2.73. The molecular weight excluding hydrogens is 266 g/mol. The number of hydrogen-bond donors (Lipinski definition) is 2. The summed E-state index contributed by atoms with van der Waals surface area (Å²) in [5, 5.41) is 2.80. The van der Waals surface area contributed by atoms with Crippen molar-refractivity contribution in [3.63, 3.8) is 0 Å². The van der Waals surface area contributed by atoms with Crippen LogP contribution in [0.3, 0.4) is 0 Å². The van der Waals surface area contributed by atoms with Crippen molar-refractivity contribution in [3.05, 3.63) is 53.9 Å². The Morgan fingerprint density at radius 3 is 2.76 bits per heavy atom. The summed E-state index contributed by atoms with van der Waals surface area (Å²) in [4.78, 5) is 16.1. The van der Waals surface area contributed by atoms with E-state index in [1.807, 2.05) is 12.1 Å². The monoisotopic (exact) mass is 281 g/mol. The summed E-state index contributed by atoms with van der Waals surface area (Å²) in [6, 6.07) is 8.82. The maximum absolute atomic E-state index is 12.2. The smallest absolute Gasteiger partial charge is 0.259 e. The van der Waals surface area contributed by atoms with Gasteiger partial charge in [-0.05, 0) is 30.3 Å². The highest BCUT2D eigenvalue weighted by atomic mass is 16.5. The predicted molar refractivity (Wildman–Crippen MR) is 81.1 cm³/mol. The standard InChI is InChI=1S/C16H15N3O2/c1-21-15-11-18-10-8-14(15)16(20)19-13-6-4-12(5-7-13)3-2-9-17/h4-8,10-11H,9,17H2,1H3,(H,19,20). The van der Waals surface area contributed by atoms with Crippen LogP contribution in [0.2, 0.25) is 0 Å². The summed E-state index contributed by atoms with van der Waals surface area (Å²) < 4.78 is 5.11. The van der Waals surface area contributed by atoms with Gasteiger partial charge in [0.25, 0.3) is 5.91 Å². The first-order chi connectivity index (χ1) is 10.2. The molecular formula is C16H15N3O2. The molecule has 3 N–H and O–H groups in total. The first-order valence-electron chi connectivity index (χ1n) is 6.33. The van der Waals surface area contributed by atoms with Crippen molar-refractivity contribution < 1.29 is 9.53 Å². The number of nitrogens with zero attached hydrogens (tertiary/aromatic N) is 1. The molecule has 0 saturated carbocycles. The highest BCUT2D eigenvalue weighted by molar-refractivity contribution is 6.06. The lowest BCUT2D eigenvalue weighted by atomic mass is 10.2. The SMILES string of the molecule is COc1cnccc1C(=O)Nc1ccc(C#CCN)cc1. The molecule has 0 aliphatic rings. The summed E-state index contributed by atoms with van der Waals surface area (Å²) in [5.74, 6) is 5.87. The van der Waals surface area contributed by atoms with Crippen LogP contribution in [0, 0.1) is 11.8 Å². The first-order valence-corrected chi connectivity index (χ1v) is 6.33. The summed E-state index contributed by atoms with van der Waals surface area (Å²) >= 11 is 0. The topological polar surface area (TPSA) is 77.2 Å². The molecule has 2 aromatic rings. The van der Waals surface area contributed by atoms with Crippen molar-refractivity contribution >= 4 is 11.6 Å². The largest absolute Gasteiger partial charge is 0.494 e. The van der Waals surface area contributed by atoms with Crippen molar-refractivity contribution in [2.45, 2.75) is 0 Å². The van der Waals surface area contributed by atoms with Gasteiger partial charge in [-0.1, -0.05) is 11.8 Å². The summed E-state index contributed by atoms with van der Waals surface area (Å²) in [5.41, 5.74) is 7.27. The van der Waals surface area contributed by atoms with E-state index in [4.69, 9.17) is 10.5 Å². The number of aromatic nitrogens is 1. The lowest BCUT2D eigenvalue weighted by Crippen LogP contribution is -2.13. The molecule has 21 heavy (non-hydrogen) atoms. The van der Waals surface area contributed by atoms with Gasteiger partial charge in [-0.3, -0.25) is 9.78 Å². The number of rotatable bonds is 3. The average molecular weight is 281 g/mol. The minimum absolute atomic E-state index is 0.255. The number of nitrogens with one attached hydrogen (secondary N) is 1. The Kier molecular flexibility index (Phi) is 4.91. The van der Waals surface area contributed by atoms with Gasteiger partial charge in [-0.25, -0.2) is 0 Å². The third kappa shape index (κ3) is 3.81. The van der Waals surface area contributed by atoms with E-state index in [0.717, 1.165) is 5.56 Å². The Hall–Kier alpha value is -2.84. The molecule has 0 radical (unpaired) electrons. The zero-order valence-electron chi connectivity index (χ0n) is 11.6. The molecule has 1 heterocycles. The number of carbonyl (C=O) groups is 1. The van der Waals surface area contributed by atoms with E-state index in [1.165, 1.54) is 13.3 Å². The number of carbonyl (C=O) groups excluding carboxylic acids is 1. The molecule has 1 amide bonds. The van der Waals surface area contributed by atoms with Crippen LogP contribution in [0.4, 0.5) is 5.69 Å². The molecule has 0 bridgehead atoms. The second-order valence-electron chi connectivity index (χ2n) is 4.11. The van der Waals surface area contributed by atoms with Crippen molar-refractivity contribution in [3.8, 4) is 17.6 Å². The molecule has 5 nitrogen and oxygen atoms in total. The zero-order valence-corrected chi connectivity index (χ0v) is 11.6. The molecule has 0 unspecified atom stereocenters. The van der Waals surface area contributed by atoms with Gasteiger partial charge >= 0.3 is 0 Å². The number of anilines is 1. The Bertz CT molecular complexity index is 685. The lowest BCUT2D eigenvalue weighted by molar-refractivity contribution is 0.102. The second-order valence-corrected chi connectivity index (χ2v) is 4.11. The number of ether oxygens (including phenoxy) is 1. The number of methoxy groups -OCH3 is 1. The van der Waals surface area contributed by atoms with Gasteiger partial charge in [-0.15, -0.1) is 0 Å². The molecule has 0 aliphatic carbocycles. The van der Waals surface area contributed by atoms with Gasteiger partial charge in [-0.2, -0.15) is 0 Å². The van der Waals surface area contributed by atoms with Gasteiger partial charge in [0, 0.05) is 17.4 Å². The normalized spacial score (nSPS) is 9.43. The van der Waals surface area contributed by atoms with Crippen molar-refractivity contribution in [2.75, 3.05) is 19.0 Å². The number of benzene rings is 1. The number of amides is 1. The third-order valence-electron chi connectivity index (χ3n) is 2.73. The Morgan fingerprint density at radius 1 is 1.33 bits per heavy atom. The summed E-state index contributed by atoms with van der Waals surface area (Å²) in [6.45, 7) is 0.320. The molecule has 5 heteroatoms.